The number of hydrogen-bond donors (Lipinski definition) is 2. The molecule has 1 amide bonds. The van der Waals surface area contributed by atoms with Gasteiger partial charge >= 0.3 is 0 Å². The van der Waals surface area contributed by atoms with Crippen LogP contribution in [0.25, 0.3) is 0 Å². The number of hydrogen-bond acceptors (Lipinski definition) is 4. The first kappa shape index (κ1) is 12.7. The molecule has 1 fully saturated rings. The third-order valence-corrected chi connectivity index (χ3v) is 3.11. The number of methoxy groups -OCH3 is 1. The summed E-state index contributed by atoms with van der Waals surface area (Å²) >= 11 is 0. The average Bonchev–Trinajstić information content (AvgIpc) is 2.38. The molecule has 5 heteroatoms. The lowest BCUT2D eigenvalue weighted by Gasteiger charge is -2.39. The number of aliphatic hydroxyl groups is 1. The highest BCUT2D eigenvalue weighted by atomic mass is 16.5. The molecule has 18 heavy (non-hydrogen) atoms. The number of nitrogens with zero attached hydrogens (tertiary/aromatic N) is 1. The summed E-state index contributed by atoms with van der Waals surface area (Å²) in [7, 11) is 1.60. The van der Waals surface area contributed by atoms with E-state index in [-0.39, 0.29) is 18.6 Å². The van der Waals surface area contributed by atoms with E-state index < -0.39 is 6.04 Å². The van der Waals surface area contributed by atoms with Crippen LogP contribution >= 0.6 is 0 Å². The molecule has 1 aliphatic heterocycles. The second kappa shape index (κ2) is 5.27. The van der Waals surface area contributed by atoms with Crippen LogP contribution in [0.15, 0.2) is 24.3 Å². The van der Waals surface area contributed by atoms with Crippen molar-refractivity contribution in [3.05, 3.63) is 24.3 Å². The predicted octanol–water partition coefficient (Wildman–Crippen LogP) is 0.381. The van der Waals surface area contributed by atoms with Gasteiger partial charge < -0.3 is 20.1 Å². The molecule has 5 nitrogen and oxygen atoms in total. The molecule has 0 bridgehead atoms. The molecule has 1 aromatic rings. The molecule has 0 aromatic heterocycles. The Kier molecular flexibility index (Phi) is 3.72. The second-order valence-corrected chi connectivity index (χ2v) is 4.43. The quantitative estimate of drug-likeness (QED) is 0.814. The molecule has 0 aliphatic carbocycles. The van der Waals surface area contributed by atoms with Gasteiger partial charge in [-0.15, -0.1) is 0 Å². The summed E-state index contributed by atoms with van der Waals surface area (Å²) in [6, 6.07) is 7.00. The Morgan fingerprint density at radius 3 is 2.89 bits per heavy atom. The monoisotopic (exact) mass is 250 g/mol. The van der Waals surface area contributed by atoms with Crippen molar-refractivity contribution in [2.45, 2.75) is 19.0 Å². The third-order valence-electron chi connectivity index (χ3n) is 3.11. The molecule has 1 aliphatic rings. The van der Waals surface area contributed by atoms with E-state index in [0.717, 1.165) is 5.69 Å². The van der Waals surface area contributed by atoms with Gasteiger partial charge in [-0.3, -0.25) is 4.79 Å². The number of aliphatic hydroxyl groups excluding tert-OH is 1. The van der Waals surface area contributed by atoms with Gasteiger partial charge in [0.15, 0.2) is 0 Å². The van der Waals surface area contributed by atoms with Gasteiger partial charge in [0.2, 0.25) is 5.91 Å². The van der Waals surface area contributed by atoms with E-state index in [4.69, 9.17) is 4.74 Å². The lowest BCUT2D eigenvalue weighted by molar-refractivity contribution is -0.125. The van der Waals surface area contributed by atoms with Gasteiger partial charge in [-0.2, -0.15) is 0 Å². The summed E-state index contributed by atoms with van der Waals surface area (Å²) < 4.78 is 5.31. The first-order valence-corrected chi connectivity index (χ1v) is 5.98. The smallest absolute Gasteiger partial charge is 0.245 e. The molecular formula is C13H18N2O3. The van der Waals surface area contributed by atoms with E-state index >= 15 is 0 Å². The van der Waals surface area contributed by atoms with Crippen LogP contribution < -0.4 is 15.0 Å². The minimum atomic E-state index is -0.558. The van der Waals surface area contributed by atoms with Gasteiger partial charge in [0, 0.05) is 12.6 Å². The number of anilines is 1. The lowest BCUT2D eigenvalue weighted by atomic mass is 10.1. The fourth-order valence-electron chi connectivity index (χ4n) is 2.26. The Hall–Kier alpha value is -1.75. The number of amides is 1. The van der Waals surface area contributed by atoms with Crippen LogP contribution in [0.1, 0.15) is 6.92 Å². The summed E-state index contributed by atoms with van der Waals surface area (Å²) in [6.45, 7) is 2.38. The van der Waals surface area contributed by atoms with Gasteiger partial charge in [0.1, 0.15) is 11.8 Å². The van der Waals surface area contributed by atoms with Crippen molar-refractivity contribution < 1.29 is 14.6 Å². The molecule has 2 N–H and O–H groups in total. The summed E-state index contributed by atoms with van der Waals surface area (Å²) in [5, 5.41) is 12.2. The predicted molar refractivity (Wildman–Crippen MR) is 68.8 cm³/mol. The average molecular weight is 250 g/mol. The van der Waals surface area contributed by atoms with Crippen LogP contribution in [0, 0.1) is 0 Å². The van der Waals surface area contributed by atoms with Crippen molar-refractivity contribution in [2.24, 2.45) is 0 Å². The van der Waals surface area contributed by atoms with E-state index in [1.54, 1.807) is 7.11 Å². The van der Waals surface area contributed by atoms with Gasteiger partial charge in [0.25, 0.3) is 0 Å². The summed E-state index contributed by atoms with van der Waals surface area (Å²) in [4.78, 5) is 13.8. The Balaban J connectivity index is 2.36. The normalized spacial score (nSPS) is 23.7. The Labute approximate surface area is 106 Å². The Bertz CT molecular complexity index is 436. The highest BCUT2D eigenvalue weighted by Gasteiger charge is 2.33. The van der Waals surface area contributed by atoms with Crippen LogP contribution in [0.3, 0.4) is 0 Å². The van der Waals surface area contributed by atoms with Gasteiger partial charge in [0.05, 0.1) is 19.4 Å². The SMILES string of the molecule is COc1ccccc1N1CC(C)NC(=O)C1CO. The second-order valence-electron chi connectivity index (χ2n) is 4.43. The van der Waals surface area contributed by atoms with Crippen molar-refractivity contribution in [3.8, 4) is 5.75 Å². The number of piperazine rings is 1. The molecule has 1 heterocycles. The molecule has 0 radical (unpaired) electrons. The van der Waals surface area contributed by atoms with Crippen molar-refractivity contribution in [2.75, 3.05) is 25.2 Å². The van der Waals surface area contributed by atoms with Crippen LogP contribution in [0.2, 0.25) is 0 Å². The zero-order chi connectivity index (χ0) is 13.1. The fraction of sp³-hybridized carbons (Fsp3) is 0.462. The maximum absolute atomic E-state index is 11.9. The minimum absolute atomic E-state index is 0.0465. The summed E-state index contributed by atoms with van der Waals surface area (Å²) in [5.74, 6) is 0.556. The highest BCUT2D eigenvalue weighted by molar-refractivity contribution is 5.87. The Morgan fingerprint density at radius 1 is 1.50 bits per heavy atom. The van der Waals surface area contributed by atoms with Crippen LogP contribution in [-0.4, -0.2) is 43.4 Å². The first-order valence-electron chi connectivity index (χ1n) is 5.98. The van der Waals surface area contributed by atoms with E-state index in [2.05, 4.69) is 5.32 Å². The van der Waals surface area contributed by atoms with E-state index in [9.17, 15) is 9.90 Å². The van der Waals surface area contributed by atoms with Crippen molar-refractivity contribution in [1.82, 2.24) is 5.32 Å². The number of nitrogens with one attached hydrogen (secondary N) is 1. The molecule has 0 spiro atoms. The highest BCUT2D eigenvalue weighted by Crippen LogP contribution is 2.30. The summed E-state index contributed by atoms with van der Waals surface area (Å²) in [6.07, 6.45) is 0. The molecule has 0 saturated carbocycles. The minimum Gasteiger partial charge on any atom is -0.495 e. The maximum atomic E-state index is 11.9. The van der Waals surface area contributed by atoms with E-state index in [1.807, 2.05) is 36.1 Å². The molecule has 98 valence electrons. The first-order chi connectivity index (χ1) is 8.67. The zero-order valence-electron chi connectivity index (χ0n) is 10.6. The molecule has 2 unspecified atom stereocenters. The zero-order valence-corrected chi connectivity index (χ0v) is 10.6. The molecule has 2 rings (SSSR count). The van der Waals surface area contributed by atoms with Crippen LogP contribution in [0.4, 0.5) is 5.69 Å². The van der Waals surface area contributed by atoms with Crippen LogP contribution in [0.5, 0.6) is 5.75 Å². The number of carbonyl (C=O) groups excluding carboxylic acids is 1. The van der Waals surface area contributed by atoms with Gasteiger partial charge in [-0.05, 0) is 19.1 Å². The standard InChI is InChI=1S/C13H18N2O3/c1-9-7-15(11(8-16)13(17)14-9)10-5-3-4-6-12(10)18-2/h3-6,9,11,16H,7-8H2,1-2H3,(H,14,17). The van der Waals surface area contributed by atoms with Gasteiger partial charge in [-0.25, -0.2) is 0 Å². The number of carbonyl (C=O) groups is 1. The van der Waals surface area contributed by atoms with Crippen molar-refractivity contribution in [1.29, 1.82) is 0 Å². The van der Waals surface area contributed by atoms with Crippen LogP contribution in [-0.2, 0) is 4.79 Å². The largest absolute Gasteiger partial charge is 0.495 e. The van der Waals surface area contributed by atoms with Crippen molar-refractivity contribution in [3.63, 3.8) is 0 Å². The molecule has 2 atom stereocenters. The Morgan fingerprint density at radius 2 is 2.22 bits per heavy atom. The fourth-order valence-corrected chi connectivity index (χ4v) is 2.26. The topological polar surface area (TPSA) is 61.8 Å². The summed E-state index contributed by atoms with van der Waals surface area (Å²) in [5.41, 5.74) is 0.834. The molecule has 1 aromatic carbocycles. The molecule has 1 saturated heterocycles. The molecular weight excluding hydrogens is 232 g/mol. The van der Waals surface area contributed by atoms with E-state index in [0.29, 0.717) is 12.3 Å². The van der Waals surface area contributed by atoms with Gasteiger partial charge in [-0.1, -0.05) is 12.1 Å². The lowest BCUT2D eigenvalue weighted by Crippen LogP contribution is -2.60. The number of benzene rings is 1. The number of rotatable bonds is 3. The number of para-hydroxylation sites is 2. The van der Waals surface area contributed by atoms with Crippen molar-refractivity contribution >= 4 is 11.6 Å². The van der Waals surface area contributed by atoms with E-state index in [1.165, 1.54) is 0 Å². The third kappa shape index (κ3) is 2.26. The number of ether oxygens (including phenoxy) is 1. The maximum Gasteiger partial charge on any atom is 0.245 e.